The Hall–Kier alpha value is -2.58. The Bertz CT molecular complexity index is 753. The molecule has 0 radical (unpaired) electrons. The summed E-state index contributed by atoms with van der Waals surface area (Å²) in [6.07, 6.45) is 8.08. The highest BCUT2D eigenvalue weighted by molar-refractivity contribution is 5.68. The fraction of sp³-hybridized carbons (Fsp3) is 0.474. The van der Waals surface area contributed by atoms with E-state index >= 15 is 0 Å². The predicted molar refractivity (Wildman–Crippen MR) is 101 cm³/mol. The third-order valence-corrected chi connectivity index (χ3v) is 4.81. The molecule has 3 N–H and O–H groups in total. The molecule has 0 amide bonds. The number of nitrogens with one attached hydrogen (secondary N) is 1. The summed E-state index contributed by atoms with van der Waals surface area (Å²) in [6.45, 7) is -0.0221. The summed E-state index contributed by atoms with van der Waals surface area (Å²) in [4.78, 5) is 11.7. The van der Waals surface area contributed by atoms with E-state index in [0.29, 0.717) is 11.9 Å². The average Bonchev–Trinajstić information content (AvgIpc) is 3.15. The van der Waals surface area contributed by atoms with Gasteiger partial charge in [-0.2, -0.15) is 0 Å². The highest BCUT2D eigenvalue weighted by Crippen LogP contribution is 2.22. The minimum Gasteiger partial charge on any atom is -0.468 e. The molecule has 8 heteroatoms. The van der Waals surface area contributed by atoms with E-state index in [1.807, 2.05) is 42.5 Å². The van der Waals surface area contributed by atoms with Gasteiger partial charge in [-0.05, 0) is 41.7 Å². The van der Waals surface area contributed by atoms with Crippen LogP contribution in [0.25, 0.3) is 6.08 Å². The van der Waals surface area contributed by atoms with Crippen LogP contribution < -0.4 is 11.1 Å². The number of benzene rings is 1. The number of hydrogen-bond donors (Lipinski definition) is 2. The maximum Gasteiger partial charge on any atom is 0.327 e. The highest BCUT2D eigenvalue weighted by atomic mass is 16.5. The van der Waals surface area contributed by atoms with Crippen LogP contribution in [0.3, 0.4) is 0 Å². The van der Waals surface area contributed by atoms with Crippen molar-refractivity contribution in [1.29, 1.82) is 0 Å². The summed E-state index contributed by atoms with van der Waals surface area (Å²) in [5, 5.41) is 15.5. The van der Waals surface area contributed by atoms with Gasteiger partial charge >= 0.3 is 5.97 Å². The molecule has 1 unspecified atom stereocenters. The third kappa shape index (κ3) is 5.45. The molecular weight excluding hydrogens is 344 g/mol. The third-order valence-electron chi connectivity index (χ3n) is 4.81. The molecule has 1 aromatic carbocycles. The number of carbonyl (C=O) groups is 1. The van der Waals surface area contributed by atoms with E-state index in [-0.39, 0.29) is 18.6 Å². The number of rotatable bonds is 7. The van der Waals surface area contributed by atoms with Gasteiger partial charge in [0.25, 0.3) is 0 Å². The molecule has 1 aliphatic carbocycles. The number of esters is 1. The van der Waals surface area contributed by atoms with Crippen molar-refractivity contribution in [2.45, 2.75) is 50.4 Å². The van der Waals surface area contributed by atoms with E-state index < -0.39 is 5.97 Å². The number of aromatic nitrogens is 4. The van der Waals surface area contributed by atoms with E-state index in [9.17, 15) is 4.79 Å². The van der Waals surface area contributed by atoms with Crippen molar-refractivity contribution in [2.75, 3.05) is 7.11 Å². The van der Waals surface area contributed by atoms with Crippen LogP contribution in [0, 0.1) is 0 Å². The number of nitrogens with zero attached hydrogens (tertiary/aromatic N) is 4. The lowest BCUT2D eigenvalue weighted by molar-refractivity contribution is -0.141. The van der Waals surface area contributed by atoms with Crippen LogP contribution in [0.5, 0.6) is 0 Å². The van der Waals surface area contributed by atoms with E-state index in [2.05, 4.69) is 20.8 Å². The summed E-state index contributed by atoms with van der Waals surface area (Å²) in [7, 11) is 1.35. The molecule has 1 saturated carbocycles. The summed E-state index contributed by atoms with van der Waals surface area (Å²) in [6, 6.07) is 10.4. The van der Waals surface area contributed by atoms with E-state index in [4.69, 9.17) is 10.5 Å². The van der Waals surface area contributed by atoms with Gasteiger partial charge in [0, 0.05) is 12.1 Å². The molecule has 1 aromatic heterocycles. The molecule has 27 heavy (non-hydrogen) atoms. The van der Waals surface area contributed by atoms with Crippen LogP contribution in [0.4, 0.5) is 0 Å². The minimum absolute atomic E-state index is 0.0221. The van der Waals surface area contributed by atoms with Crippen LogP contribution in [0.2, 0.25) is 0 Å². The zero-order valence-electron chi connectivity index (χ0n) is 15.5. The lowest BCUT2D eigenvalue weighted by Crippen LogP contribution is -2.39. The number of tetrazole rings is 1. The normalized spacial score (nSPS) is 21.3. The molecule has 8 nitrogen and oxygen atoms in total. The van der Waals surface area contributed by atoms with Gasteiger partial charge in [-0.25, -0.2) is 4.68 Å². The van der Waals surface area contributed by atoms with E-state index in [0.717, 1.165) is 31.2 Å². The monoisotopic (exact) mass is 370 g/mol. The molecule has 1 fully saturated rings. The SMILES string of the molecule is COC(=O)Cn1nnnc1C(C=Cc1ccccc1)NC1CCC(N)CC1. The van der Waals surface area contributed by atoms with Gasteiger partial charge in [-0.3, -0.25) is 4.79 Å². The number of carbonyl (C=O) groups excluding carboxylic acids is 1. The van der Waals surface area contributed by atoms with Crippen molar-refractivity contribution >= 4 is 12.0 Å². The first-order valence-electron chi connectivity index (χ1n) is 9.23. The Kier molecular flexibility index (Phi) is 6.67. The molecule has 3 rings (SSSR count). The second kappa shape index (κ2) is 9.38. The Labute approximate surface area is 158 Å². The minimum atomic E-state index is -0.391. The first-order chi connectivity index (χ1) is 13.2. The Morgan fingerprint density at radius 2 is 2.07 bits per heavy atom. The average molecular weight is 370 g/mol. The van der Waals surface area contributed by atoms with Crippen molar-refractivity contribution in [2.24, 2.45) is 5.73 Å². The largest absolute Gasteiger partial charge is 0.468 e. The predicted octanol–water partition coefficient (Wildman–Crippen LogP) is 1.46. The first-order valence-corrected chi connectivity index (χ1v) is 9.23. The van der Waals surface area contributed by atoms with Crippen molar-refractivity contribution in [1.82, 2.24) is 25.5 Å². The molecule has 0 aliphatic heterocycles. The number of hydrogen-bond acceptors (Lipinski definition) is 7. The molecule has 1 atom stereocenters. The van der Waals surface area contributed by atoms with Gasteiger partial charge in [0.2, 0.25) is 0 Å². The van der Waals surface area contributed by atoms with Gasteiger partial charge in [0.05, 0.1) is 13.2 Å². The van der Waals surface area contributed by atoms with Crippen LogP contribution in [0.1, 0.15) is 43.1 Å². The smallest absolute Gasteiger partial charge is 0.327 e. The molecule has 1 heterocycles. The number of ether oxygens (including phenoxy) is 1. The fourth-order valence-electron chi connectivity index (χ4n) is 3.26. The topological polar surface area (TPSA) is 108 Å². The van der Waals surface area contributed by atoms with Gasteiger partial charge in [-0.15, -0.1) is 5.10 Å². The molecular formula is C19H26N6O2. The zero-order valence-corrected chi connectivity index (χ0v) is 15.5. The van der Waals surface area contributed by atoms with Crippen molar-refractivity contribution in [3.05, 3.63) is 47.8 Å². The molecule has 0 bridgehead atoms. The molecule has 0 spiro atoms. The Morgan fingerprint density at radius 3 is 2.78 bits per heavy atom. The van der Waals surface area contributed by atoms with Crippen molar-refractivity contribution in [3.63, 3.8) is 0 Å². The summed E-state index contributed by atoms with van der Waals surface area (Å²) >= 11 is 0. The van der Waals surface area contributed by atoms with Crippen LogP contribution in [-0.2, 0) is 16.1 Å². The van der Waals surface area contributed by atoms with Gasteiger partial charge in [0.1, 0.15) is 6.54 Å². The summed E-state index contributed by atoms with van der Waals surface area (Å²) in [5.74, 6) is 0.195. The van der Waals surface area contributed by atoms with Crippen molar-refractivity contribution in [3.8, 4) is 0 Å². The van der Waals surface area contributed by atoms with Crippen LogP contribution >= 0.6 is 0 Å². The highest BCUT2D eigenvalue weighted by Gasteiger charge is 2.24. The molecule has 2 aromatic rings. The first kappa shape index (κ1) is 19.2. The lowest BCUT2D eigenvalue weighted by atomic mass is 9.91. The summed E-state index contributed by atoms with van der Waals surface area (Å²) < 4.78 is 6.22. The standard InChI is InChI=1S/C19H26N6O2/c1-27-18(26)13-25-19(22-23-24-25)17(12-7-14-5-3-2-4-6-14)21-16-10-8-15(20)9-11-16/h2-7,12,15-17,21H,8-11,13,20H2,1H3. The van der Waals surface area contributed by atoms with Crippen LogP contribution in [-0.4, -0.2) is 45.4 Å². The fourth-order valence-corrected chi connectivity index (χ4v) is 3.26. The molecule has 144 valence electrons. The molecule has 1 aliphatic rings. The molecule has 0 saturated heterocycles. The lowest BCUT2D eigenvalue weighted by Gasteiger charge is -2.29. The quantitative estimate of drug-likeness (QED) is 0.710. The van der Waals surface area contributed by atoms with Crippen molar-refractivity contribution < 1.29 is 9.53 Å². The number of methoxy groups -OCH3 is 1. The Balaban J connectivity index is 1.80. The van der Waals surface area contributed by atoms with Gasteiger partial charge in [-0.1, -0.05) is 42.5 Å². The van der Waals surface area contributed by atoms with Crippen LogP contribution in [0.15, 0.2) is 36.4 Å². The second-order valence-corrected chi connectivity index (χ2v) is 6.80. The second-order valence-electron chi connectivity index (χ2n) is 6.80. The summed E-state index contributed by atoms with van der Waals surface area (Å²) in [5.41, 5.74) is 7.11. The van der Waals surface area contributed by atoms with Gasteiger partial charge < -0.3 is 15.8 Å². The van der Waals surface area contributed by atoms with E-state index in [1.54, 1.807) is 0 Å². The number of nitrogens with two attached hydrogens (primary N) is 1. The maximum atomic E-state index is 11.7. The zero-order chi connectivity index (χ0) is 19.1. The maximum absolute atomic E-state index is 11.7. The van der Waals surface area contributed by atoms with Gasteiger partial charge in [0.15, 0.2) is 5.82 Å². The Morgan fingerprint density at radius 1 is 1.33 bits per heavy atom. The van der Waals surface area contributed by atoms with E-state index in [1.165, 1.54) is 11.8 Å².